The molecule has 1 fully saturated rings. The number of methoxy groups -OCH3 is 1. The number of nitrogens with zero attached hydrogens (tertiary/aromatic N) is 2. The molecule has 1 amide bonds. The normalized spacial score (nSPS) is 18.3. The van der Waals surface area contributed by atoms with E-state index in [1.54, 1.807) is 24.3 Å². The third-order valence-corrected chi connectivity index (χ3v) is 6.37. The van der Waals surface area contributed by atoms with E-state index in [4.69, 9.17) is 21.7 Å². The smallest absolute Gasteiger partial charge is 0.274 e. The van der Waals surface area contributed by atoms with Crippen molar-refractivity contribution in [3.63, 3.8) is 0 Å². The maximum absolute atomic E-state index is 12.4. The minimum atomic E-state index is -3.63. The van der Waals surface area contributed by atoms with Gasteiger partial charge in [-0.3, -0.25) is 10.2 Å². The van der Waals surface area contributed by atoms with Gasteiger partial charge in [0, 0.05) is 17.8 Å². The fourth-order valence-corrected chi connectivity index (χ4v) is 4.13. The zero-order valence-electron chi connectivity index (χ0n) is 15.1. The van der Waals surface area contributed by atoms with E-state index >= 15 is 0 Å². The van der Waals surface area contributed by atoms with E-state index in [0.29, 0.717) is 22.0 Å². The molecular weight excluding hydrogens is 406 g/mol. The number of sulfonamides is 1. The Balaban J connectivity index is 1.83. The van der Waals surface area contributed by atoms with Crippen molar-refractivity contribution in [3.05, 3.63) is 52.8 Å². The maximum atomic E-state index is 12.4. The minimum absolute atomic E-state index is 0.194. The summed E-state index contributed by atoms with van der Waals surface area (Å²) in [6, 6.07) is 7.17. The lowest BCUT2D eigenvalue weighted by atomic mass is 10.1. The van der Waals surface area contributed by atoms with Crippen molar-refractivity contribution in [3.8, 4) is 5.75 Å². The highest BCUT2D eigenvalue weighted by Crippen LogP contribution is 2.30. The molecule has 3 rings (SSSR count). The van der Waals surface area contributed by atoms with Gasteiger partial charge >= 0.3 is 0 Å². The van der Waals surface area contributed by atoms with E-state index < -0.39 is 22.0 Å². The lowest BCUT2D eigenvalue weighted by molar-refractivity contribution is 0.102. The average Bonchev–Trinajstić information content (AvgIpc) is 2.67. The second-order valence-corrected chi connectivity index (χ2v) is 8.52. The summed E-state index contributed by atoms with van der Waals surface area (Å²) in [5.74, 6) is -0.414. The summed E-state index contributed by atoms with van der Waals surface area (Å²) >= 11 is 6.24. The number of nitrogens with one attached hydrogen (secondary N) is 3. The number of benzene rings is 1. The first-order chi connectivity index (χ1) is 13.2. The molecule has 11 heteroatoms. The third-order valence-electron chi connectivity index (χ3n) is 4.25. The number of pyridine rings is 1. The van der Waals surface area contributed by atoms with Crippen LogP contribution in [0.2, 0.25) is 5.02 Å². The lowest BCUT2D eigenvalue weighted by Gasteiger charge is -2.32. The van der Waals surface area contributed by atoms with Crippen molar-refractivity contribution in [2.75, 3.05) is 25.2 Å². The molecule has 1 aliphatic heterocycles. The molecule has 2 aromatic rings. The number of guanidine groups is 1. The van der Waals surface area contributed by atoms with Crippen LogP contribution in [0.3, 0.4) is 0 Å². The summed E-state index contributed by atoms with van der Waals surface area (Å²) in [5.41, 5.74) is 1.08. The van der Waals surface area contributed by atoms with E-state index in [-0.39, 0.29) is 17.4 Å². The highest BCUT2D eigenvalue weighted by Gasteiger charge is 2.34. The predicted molar refractivity (Wildman–Crippen MR) is 105 cm³/mol. The van der Waals surface area contributed by atoms with Gasteiger partial charge in [0.25, 0.3) is 5.91 Å². The van der Waals surface area contributed by atoms with Crippen molar-refractivity contribution in [1.82, 2.24) is 14.6 Å². The van der Waals surface area contributed by atoms with Crippen LogP contribution in [0.5, 0.6) is 5.75 Å². The van der Waals surface area contributed by atoms with Crippen LogP contribution in [0.25, 0.3) is 0 Å². The monoisotopic (exact) mass is 423 g/mol. The van der Waals surface area contributed by atoms with Gasteiger partial charge < -0.3 is 15.4 Å². The van der Waals surface area contributed by atoms with Crippen LogP contribution in [-0.2, 0) is 10.0 Å². The van der Waals surface area contributed by atoms with E-state index in [2.05, 4.69) is 15.6 Å². The van der Waals surface area contributed by atoms with Crippen molar-refractivity contribution >= 4 is 39.2 Å². The number of aromatic nitrogens is 1. The molecule has 0 unspecified atom stereocenters. The first-order valence-corrected chi connectivity index (χ1v) is 10.1. The molecule has 1 aliphatic rings. The highest BCUT2D eigenvalue weighted by atomic mass is 35.5. The summed E-state index contributed by atoms with van der Waals surface area (Å²) < 4.78 is 30.3. The number of hydrogen-bond donors (Lipinski definition) is 3. The number of halogens is 1. The van der Waals surface area contributed by atoms with Gasteiger partial charge in [0.1, 0.15) is 11.4 Å². The zero-order valence-corrected chi connectivity index (χ0v) is 16.6. The molecule has 1 aromatic carbocycles. The number of amides is 1. The molecule has 1 aromatic heterocycles. The van der Waals surface area contributed by atoms with Gasteiger partial charge in [-0.1, -0.05) is 11.6 Å². The first kappa shape index (κ1) is 19.9. The molecule has 28 heavy (non-hydrogen) atoms. The van der Waals surface area contributed by atoms with Crippen LogP contribution in [0, 0.1) is 5.41 Å². The number of anilines is 1. The van der Waals surface area contributed by atoms with E-state index in [1.165, 1.54) is 26.4 Å². The molecule has 1 saturated heterocycles. The van der Waals surface area contributed by atoms with E-state index in [9.17, 15) is 13.2 Å². The Kier molecular flexibility index (Phi) is 5.43. The molecule has 9 nitrogen and oxygen atoms in total. The molecule has 0 radical (unpaired) electrons. The van der Waals surface area contributed by atoms with Crippen molar-refractivity contribution in [2.45, 2.75) is 6.04 Å². The van der Waals surface area contributed by atoms with Gasteiger partial charge in [-0.2, -0.15) is 0 Å². The quantitative estimate of drug-likeness (QED) is 0.689. The topological polar surface area (TPSA) is 124 Å². The van der Waals surface area contributed by atoms with Crippen molar-refractivity contribution in [1.29, 1.82) is 5.41 Å². The minimum Gasteiger partial charge on any atom is -0.495 e. The second-order valence-electron chi connectivity index (χ2n) is 6.07. The van der Waals surface area contributed by atoms with Gasteiger partial charge in [-0.25, -0.2) is 17.7 Å². The first-order valence-electron chi connectivity index (χ1n) is 8.14. The Morgan fingerprint density at radius 3 is 2.75 bits per heavy atom. The molecular formula is C17H18ClN5O4S. The van der Waals surface area contributed by atoms with E-state index in [0.717, 1.165) is 4.31 Å². The molecule has 2 heterocycles. The summed E-state index contributed by atoms with van der Waals surface area (Å²) in [6.45, 7) is 0. The number of rotatable bonds is 4. The molecule has 0 saturated carbocycles. The Morgan fingerprint density at radius 1 is 1.39 bits per heavy atom. The molecule has 0 bridgehead atoms. The van der Waals surface area contributed by atoms with Crippen LogP contribution >= 0.6 is 11.6 Å². The predicted octanol–water partition coefficient (Wildman–Crippen LogP) is 1.84. The van der Waals surface area contributed by atoms with Gasteiger partial charge in [0.2, 0.25) is 16.0 Å². The van der Waals surface area contributed by atoms with Gasteiger partial charge in [-0.05, 0) is 35.9 Å². The Bertz CT molecular complexity index is 1030. The summed E-state index contributed by atoms with van der Waals surface area (Å²) in [5, 5.41) is 13.7. The summed E-state index contributed by atoms with van der Waals surface area (Å²) in [6.07, 6.45) is 1.43. The fraction of sp³-hybridized carbons (Fsp3) is 0.235. The largest absolute Gasteiger partial charge is 0.495 e. The van der Waals surface area contributed by atoms with Crippen LogP contribution in [-0.4, -0.2) is 49.5 Å². The van der Waals surface area contributed by atoms with Crippen LogP contribution in [0.4, 0.5) is 5.69 Å². The lowest BCUT2D eigenvalue weighted by Crippen LogP contribution is -2.52. The third kappa shape index (κ3) is 4.02. The maximum Gasteiger partial charge on any atom is 0.274 e. The highest BCUT2D eigenvalue weighted by molar-refractivity contribution is 7.89. The number of carbonyl (C=O) groups excluding carboxylic acids is 1. The van der Waals surface area contributed by atoms with Crippen LogP contribution < -0.4 is 15.4 Å². The SMILES string of the molecule is COc1ccc(C(=O)Nc2ccc(Cl)c([C@@H]3CS(=O)(=O)N(C)C(=N)N3)c2)nc1. The van der Waals surface area contributed by atoms with Crippen molar-refractivity contribution < 1.29 is 17.9 Å². The second kappa shape index (κ2) is 7.64. The Hall–Kier alpha value is -2.85. The molecule has 1 atom stereocenters. The molecule has 3 N–H and O–H groups in total. The molecule has 0 spiro atoms. The number of carbonyl (C=O) groups is 1. The molecule has 148 valence electrons. The van der Waals surface area contributed by atoms with E-state index in [1.807, 2.05) is 0 Å². The Morgan fingerprint density at radius 2 is 2.14 bits per heavy atom. The average molecular weight is 424 g/mol. The zero-order chi connectivity index (χ0) is 20.5. The van der Waals surface area contributed by atoms with Gasteiger partial charge in [0.05, 0.1) is 25.1 Å². The van der Waals surface area contributed by atoms with Gasteiger partial charge in [-0.15, -0.1) is 0 Å². The van der Waals surface area contributed by atoms with Crippen LogP contribution in [0.1, 0.15) is 22.1 Å². The van der Waals surface area contributed by atoms with Crippen LogP contribution in [0.15, 0.2) is 36.5 Å². The summed E-state index contributed by atoms with van der Waals surface area (Å²) in [7, 11) is -0.822. The van der Waals surface area contributed by atoms with Gasteiger partial charge in [0.15, 0.2) is 0 Å². The standard InChI is InChI=1S/C17H18ClN5O4S/c1-23-17(19)22-15(9-28(23,25)26)12-7-10(3-5-13(12)18)21-16(24)14-6-4-11(27-2)8-20-14/h3-8,15H,9H2,1-2H3,(H2,19,22)(H,21,24)/t15-/m0/s1. The van der Waals surface area contributed by atoms with Crippen molar-refractivity contribution in [2.24, 2.45) is 0 Å². The molecule has 0 aliphatic carbocycles. The Labute approximate surface area is 167 Å². The summed E-state index contributed by atoms with van der Waals surface area (Å²) in [4.78, 5) is 16.4. The number of ether oxygens (including phenoxy) is 1. The fourth-order valence-electron chi connectivity index (χ4n) is 2.65. The number of hydrogen-bond acceptors (Lipinski definition) is 6.